The molecule has 0 rings (SSSR count). The summed E-state index contributed by atoms with van der Waals surface area (Å²) in [5.41, 5.74) is 0. The summed E-state index contributed by atoms with van der Waals surface area (Å²) in [6, 6.07) is 1.13. The molecule has 0 unspecified atom stereocenters. The van der Waals surface area contributed by atoms with Crippen LogP contribution in [0.1, 0.15) is 13.8 Å². The van der Waals surface area contributed by atoms with Gasteiger partial charge in [-0.25, -0.2) is 0 Å². The smallest absolute Gasteiger partial charge is 0.322 e. The van der Waals surface area contributed by atoms with Crippen molar-refractivity contribution in [1.82, 2.24) is 0 Å². The van der Waals surface area contributed by atoms with Gasteiger partial charge in [0, 0.05) is 17.6 Å². The summed E-state index contributed by atoms with van der Waals surface area (Å²) in [4.78, 5) is 0. The fourth-order valence-electron chi connectivity index (χ4n) is 0.676. The minimum atomic E-state index is -1.24. The SMILES string of the molecule is CCO[SiH](CCI)OCC. The monoisotopic (exact) mass is 274 g/mol. The molecule has 0 N–H and O–H groups in total. The van der Waals surface area contributed by atoms with Crippen LogP contribution in [-0.4, -0.2) is 26.9 Å². The molecule has 0 heterocycles. The van der Waals surface area contributed by atoms with Crippen LogP contribution in [-0.2, 0) is 8.85 Å². The van der Waals surface area contributed by atoms with E-state index < -0.39 is 9.28 Å². The zero-order valence-corrected chi connectivity index (χ0v) is 9.91. The molecule has 62 valence electrons. The van der Waals surface area contributed by atoms with Crippen LogP contribution in [0.15, 0.2) is 0 Å². The maximum absolute atomic E-state index is 5.43. The lowest BCUT2D eigenvalue weighted by Crippen LogP contribution is -2.22. The summed E-state index contributed by atoms with van der Waals surface area (Å²) < 4.78 is 12.0. The van der Waals surface area contributed by atoms with Crippen molar-refractivity contribution < 1.29 is 8.85 Å². The average Bonchev–Trinajstić information content (AvgIpc) is 1.90. The minimum Gasteiger partial charge on any atom is -0.397 e. The van der Waals surface area contributed by atoms with Gasteiger partial charge in [-0.15, -0.1) is 0 Å². The van der Waals surface area contributed by atoms with Crippen LogP contribution >= 0.6 is 22.6 Å². The second kappa shape index (κ2) is 7.97. The van der Waals surface area contributed by atoms with Gasteiger partial charge >= 0.3 is 9.28 Å². The van der Waals surface area contributed by atoms with E-state index >= 15 is 0 Å². The first-order valence-electron chi connectivity index (χ1n) is 3.64. The Morgan fingerprint density at radius 3 is 2.00 bits per heavy atom. The van der Waals surface area contributed by atoms with Crippen LogP contribution in [0.25, 0.3) is 0 Å². The average molecular weight is 274 g/mol. The highest BCUT2D eigenvalue weighted by Crippen LogP contribution is 2.00. The van der Waals surface area contributed by atoms with E-state index in [2.05, 4.69) is 22.6 Å². The van der Waals surface area contributed by atoms with Crippen molar-refractivity contribution in [2.75, 3.05) is 17.6 Å². The summed E-state index contributed by atoms with van der Waals surface area (Å²) in [5.74, 6) is 0. The third-order valence-electron chi connectivity index (χ3n) is 1.05. The molecule has 0 fully saturated rings. The van der Waals surface area contributed by atoms with Crippen molar-refractivity contribution in [2.24, 2.45) is 0 Å². The van der Waals surface area contributed by atoms with Crippen molar-refractivity contribution >= 4 is 31.9 Å². The molecule has 0 aromatic rings. The van der Waals surface area contributed by atoms with Crippen LogP contribution in [0.5, 0.6) is 0 Å². The summed E-state index contributed by atoms with van der Waals surface area (Å²) in [6.45, 7) is 5.64. The summed E-state index contributed by atoms with van der Waals surface area (Å²) in [7, 11) is -1.24. The molecule has 2 nitrogen and oxygen atoms in total. The van der Waals surface area contributed by atoms with Gasteiger partial charge in [-0.3, -0.25) is 0 Å². The number of rotatable bonds is 6. The molecule has 0 bridgehead atoms. The van der Waals surface area contributed by atoms with Crippen LogP contribution in [0, 0.1) is 0 Å². The number of halogens is 1. The van der Waals surface area contributed by atoms with Crippen LogP contribution < -0.4 is 0 Å². The van der Waals surface area contributed by atoms with Gasteiger partial charge in [0.2, 0.25) is 0 Å². The molecular weight excluding hydrogens is 259 g/mol. The van der Waals surface area contributed by atoms with E-state index in [1.54, 1.807) is 0 Å². The van der Waals surface area contributed by atoms with Crippen molar-refractivity contribution in [3.8, 4) is 0 Å². The Kier molecular flexibility index (Phi) is 8.66. The molecule has 10 heavy (non-hydrogen) atoms. The molecular formula is C6H15IO2Si. The largest absolute Gasteiger partial charge is 0.397 e. The maximum atomic E-state index is 5.43. The fourth-order valence-corrected chi connectivity index (χ4v) is 3.55. The number of alkyl halides is 1. The molecule has 0 spiro atoms. The highest BCUT2D eigenvalue weighted by molar-refractivity contribution is 14.1. The molecule has 4 heteroatoms. The normalized spacial score (nSPS) is 10.8. The van der Waals surface area contributed by atoms with Crippen molar-refractivity contribution in [1.29, 1.82) is 0 Å². The Morgan fingerprint density at radius 1 is 1.20 bits per heavy atom. The van der Waals surface area contributed by atoms with Gasteiger partial charge in [0.15, 0.2) is 0 Å². The van der Waals surface area contributed by atoms with E-state index in [0.717, 1.165) is 23.7 Å². The Balaban J connectivity index is 3.30. The molecule has 0 radical (unpaired) electrons. The highest BCUT2D eigenvalue weighted by atomic mass is 127. The van der Waals surface area contributed by atoms with E-state index in [1.165, 1.54) is 0 Å². The van der Waals surface area contributed by atoms with E-state index in [1.807, 2.05) is 13.8 Å². The Hall–Kier alpha value is 0.867. The molecule has 0 amide bonds. The summed E-state index contributed by atoms with van der Waals surface area (Å²) in [5, 5.41) is 0. The Bertz CT molecular complexity index is 58.5. The summed E-state index contributed by atoms with van der Waals surface area (Å²) in [6.07, 6.45) is 0. The second-order valence-electron chi connectivity index (χ2n) is 1.82. The zero-order chi connectivity index (χ0) is 7.82. The number of hydrogen-bond donors (Lipinski definition) is 0. The van der Waals surface area contributed by atoms with Crippen molar-refractivity contribution in [3.05, 3.63) is 0 Å². The lowest BCUT2D eigenvalue weighted by Gasteiger charge is -2.12. The second-order valence-corrected chi connectivity index (χ2v) is 5.00. The topological polar surface area (TPSA) is 18.5 Å². The molecule has 0 aliphatic rings. The van der Waals surface area contributed by atoms with Crippen LogP contribution in [0.4, 0.5) is 0 Å². The molecule has 0 saturated heterocycles. The van der Waals surface area contributed by atoms with Gasteiger partial charge < -0.3 is 8.85 Å². The van der Waals surface area contributed by atoms with Crippen molar-refractivity contribution in [2.45, 2.75) is 19.9 Å². The molecule has 0 aliphatic carbocycles. The maximum Gasteiger partial charge on any atom is 0.322 e. The van der Waals surface area contributed by atoms with E-state index in [0.29, 0.717) is 0 Å². The Labute approximate surface area is 78.3 Å². The zero-order valence-electron chi connectivity index (χ0n) is 6.60. The lowest BCUT2D eigenvalue weighted by molar-refractivity contribution is 0.215. The quantitative estimate of drug-likeness (QED) is 0.417. The third-order valence-corrected chi connectivity index (χ3v) is 5.02. The fraction of sp³-hybridized carbons (Fsp3) is 1.00. The van der Waals surface area contributed by atoms with Crippen LogP contribution in [0.2, 0.25) is 6.04 Å². The molecule has 0 aromatic heterocycles. The summed E-state index contributed by atoms with van der Waals surface area (Å²) >= 11 is 2.36. The minimum absolute atomic E-state index is 0.799. The predicted molar refractivity (Wildman–Crippen MR) is 54.1 cm³/mol. The van der Waals surface area contributed by atoms with Gasteiger partial charge in [0.25, 0.3) is 0 Å². The molecule has 0 aromatic carbocycles. The first kappa shape index (κ1) is 10.9. The first-order valence-corrected chi connectivity index (χ1v) is 6.92. The third kappa shape index (κ3) is 5.64. The first-order chi connectivity index (χ1) is 4.85. The van der Waals surface area contributed by atoms with E-state index in [4.69, 9.17) is 8.85 Å². The standard InChI is InChI=1S/C6H15IO2Si/c1-3-8-10(6-5-7)9-4-2/h10H,3-6H2,1-2H3. The predicted octanol–water partition coefficient (Wildman–Crippen LogP) is 1.71. The van der Waals surface area contributed by atoms with Gasteiger partial charge in [-0.1, -0.05) is 22.6 Å². The Morgan fingerprint density at radius 2 is 1.70 bits per heavy atom. The molecule has 0 aliphatic heterocycles. The van der Waals surface area contributed by atoms with Gasteiger partial charge in [-0.2, -0.15) is 0 Å². The van der Waals surface area contributed by atoms with E-state index in [9.17, 15) is 0 Å². The van der Waals surface area contributed by atoms with Crippen LogP contribution in [0.3, 0.4) is 0 Å². The van der Waals surface area contributed by atoms with Gasteiger partial charge in [-0.05, 0) is 19.9 Å². The highest BCUT2D eigenvalue weighted by Gasteiger charge is 2.09. The van der Waals surface area contributed by atoms with E-state index in [-0.39, 0.29) is 0 Å². The molecule has 0 saturated carbocycles. The number of hydrogen-bond acceptors (Lipinski definition) is 2. The lowest BCUT2D eigenvalue weighted by atomic mass is 10.9. The van der Waals surface area contributed by atoms with Gasteiger partial charge in [0.1, 0.15) is 0 Å². The van der Waals surface area contributed by atoms with Gasteiger partial charge in [0.05, 0.1) is 0 Å². The molecule has 0 atom stereocenters. The van der Waals surface area contributed by atoms with Crippen molar-refractivity contribution in [3.63, 3.8) is 0 Å².